The Bertz CT molecular complexity index is 824. The Morgan fingerprint density at radius 3 is 2.24 bits per heavy atom. The Morgan fingerprint density at radius 1 is 1.07 bits per heavy atom. The number of thioether (sulfide) groups is 1. The fourth-order valence-electron chi connectivity index (χ4n) is 3.22. The molecule has 6 nitrogen and oxygen atoms in total. The van der Waals surface area contributed by atoms with Crippen molar-refractivity contribution in [2.45, 2.75) is 18.9 Å². The largest absolute Gasteiger partial charge is 0.497 e. The van der Waals surface area contributed by atoms with Crippen molar-refractivity contribution < 1.29 is 19.1 Å². The molecule has 1 fully saturated rings. The number of nitrogens with zero attached hydrogens (tertiary/aromatic N) is 1. The smallest absolute Gasteiger partial charge is 0.281 e. The van der Waals surface area contributed by atoms with E-state index in [4.69, 9.17) is 9.47 Å². The van der Waals surface area contributed by atoms with E-state index in [9.17, 15) is 9.59 Å². The summed E-state index contributed by atoms with van der Waals surface area (Å²) < 4.78 is 10.5. The van der Waals surface area contributed by atoms with Crippen LogP contribution in [0, 0.1) is 0 Å². The Balaban J connectivity index is 1.68. The Kier molecular flexibility index (Phi) is 7.41. The lowest BCUT2D eigenvalue weighted by Crippen LogP contribution is -2.34. The molecule has 29 heavy (non-hydrogen) atoms. The zero-order chi connectivity index (χ0) is 20.6. The van der Waals surface area contributed by atoms with Gasteiger partial charge in [0.05, 0.1) is 20.3 Å². The molecule has 1 saturated heterocycles. The van der Waals surface area contributed by atoms with Crippen LogP contribution in [0.2, 0.25) is 0 Å². The molecule has 1 aliphatic rings. The summed E-state index contributed by atoms with van der Waals surface area (Å²) >= 11 is 1.31. The van der Waals surface area contributed by atoms with Gasteiger partial charge in [-0.2, -0.15) is 0 Å². The maximum atomic E-state index is 12.6. The molecule has 154 valence electrons. The highest BCUT2D eigenvalue weighted by Gasteiger charge is 2.22. The Morgan fingerprint density at radius 2 is 1.69 bits per heavy atom. The standard InChI is InChI=1S/C22H26N2O4S/c1-27-18-7-3-16(4-8-18)15-20(17-5-9-19(28-2)10-6-17)23-21(25)11-12-24-13-14-29-22(24)26/h3-10,20H,11-15H2,1-2H3,(H,23,25). The maximum Gasteiger partial charge on any atom is 0.281 e. The highest BCUT2D eigenvalue weighted by atomic mass is 32.2. The summed E-state index contributed by atoms with van der Waals surface area (Å²) in [6, 6.07) is 15.4. The third-order valence-electron chi connectivity index (χ3n) is 4.91. The summed E-state index contributed by atoms with van der Waals surface area (Å²) in [5.74, 6) is 2.30. The average molecular weight is 415 g/mol. The van der Waals surface area contributed by atoms with E-state index in [2.05, 4.69) is 5.32 Å². The second kappa shape index (κ2) is 10.2. The van der Waals surface area contributed by atoms with E-state index in [-0.39, 0.29) is 17.2 Å². The summed E-state index contributed by atoms with van der Waals surface area (Å²) in [7, 11) is 3.27. The first kappa shape index (κ1) is 21.0. The van der Waals surface area contributed by atoms with Gasteiger partial charge in [0.25, 0.3) is 5.24 Å². The number of carbonyl (C=O) groups is 2. The van der Waals surface area contributed by atoms with Gasteiger partial charge in [0.2, 0.25) is 5.91 Å². The summed E-state index contributed by atoms with van der Waals surface area (Å²) in [6.07, 6.45) is 0.947. The van der Waals surface area contributed by atoms with Crippen molar-refractivity contribution in [2.24, 2.45) is 0 Å². The fraction of sp³-hybridized carbons (Fsp3) is 0.364. The lowest BCUT2D eigenvalue weighted by Gasteiger charge is -2.21. The second-order valence-corrected chi connectivity index (χ2v) is 7.84. The lowest BCUT2D eigenvalue weighted by atomic mass is 9.98. The minimum absolute atomic E-state index is 0.0581. The predicted octanol–water partition coefficient (Wildman–Crippen LogP) is 3.66. The summed E-state index contributed by atoms with van der Waals surface area (Å²) in [4.78, 5) is 26.1. The highest BCUT2D eigenvalue weighted by molar-refractivity contribution is 8.13. The topological polar surface area (TPSA) is 67.9 Å². The van der Waals surface area contributed by atoms with Gasteiger partial charge in [-0.25, -0.2) is 0 Å². The first-order chi connectivity index (χ1) is 14.1. The van der Waals surface area contributed by atoms with Crippen molar-refractivity contribution >= 4 is 22.9 Å². The van der Waals surface area contributed by atoms with Crippen LogP contribution >= 0.6 is 11.8 Å². The fourth-order valence-corrected chi connectivity index (χ4v) is 4.07. The van der Waals surface area contributed by atoms with Gasteiger partial charge in [0.15, 0.2) is 0 Å². The van der Waals surface area contributed by atoms with Crippen LogP contribution < -0.4 is 14.8 Å². The Hall–Kier alpha value is -2.67. The second-order valence-electron chi connectivity index (χ2n) is 6.80. The molecule has 7 heteroatoms. The van der Waals surface area contributed by atoms with Crippen LogP contribution in [0.5, 0.6) is 11.5 Å². The third-order valence-corrected chi connectivity index (χ3v) is 5.80. The number of rotatable bonds is 9. The van der Waals surface area contributed by atoms with Gasteiger partial charge in [-0.1, -0.05) is 36.0 Å². The van der Waals surface area contributed by atoms with E-state index in [1.54, 1.807) is 19.1 Å². The minimum Gasteiger partial charge on any atom is -0.497 e. The minimum atomic E-state index is -0.176. The normalized spacial score (nSPS) is 14.6. The van der Waals surface area contributed by atoms with Gasteiger partial charge >= 0.3 is 0 Å². The molecular formula is C22H26N2O4S. The SMILES string of the molecule is COc1ccc(CC(NC(=O)CCN2CCSC2=O)c2ccc(OC)cc2)cc1. The summed E-state index contributed by atoms with van der Waals surface area (Å²) in [5.41, 5.74) is 2.10. The zero-order valence-corrected chi connectivity index (χ0v) is 17.5. The zero-order valence-electron chi connectivity index (χ0n) is 16.7. The van der Waals surface area contributed by atoms with Crippen molar-refractivity contribution in [1.82, 2.24) is 10.2 Å². The molecule has 2 aromatic carbocycles. The van der Waals surface area contributed by atoms with E-state index in [0.717, 1.165) is 28.4 Å². The number of nitrogens with one attached hydrogen (secondary N) is 1. The number of amides is 2. The van der Waals surface area contributed by atoms with Gasteiger partial charge in [-0.05, 0) is 41.8 Å². The van der Waals surface area contributed by atoms with Crippen molar-refractivity contribution in [3.05, 3.63) is 59.7 Å². The molecule has 2 aromatic rings. The van der Waals surface area contributed by atoms with Crippen molar-refractivity contribution in [3.63, 3.8) is 0 Å². The number of hydrogen-bond acceptors (Lipinski definition) is 5. The lowest BCUT2D eigenvalue weighted by molar-refractivity contribution is -0.122. The van der Waals surface area contributed by atoms with Crippen molar-refractivity contribution in [3.8, 4) is 11.5 Å². The van der Waals surface area contributed by atoms with E-state index >= 15 is 0 Å². The quantitative estimate of drug-likeness (QED) is 0.678. The highest BCUT2D eigenvalue weighted by Crippen LogP contribution is 2.23. The number of hydrogen-bond donors (Lipinski definition) is 1. The molecule has 0 aromatic heterocycles. The van der Waals surface area contributed by atoms with Crippen LogP contribution in [-0.2, 0) is 11.2 Å². The molecule has 0 bridgehead atoms. The maximum absolute atomic E-state index is 12.6. The van der Waals surface area contributed by atoms with Gasteiger partial charge in [0, 0.05) is 25.3 Å². The van der Waals surface area contributed by atoms with Crippen LogP contribution in [0.1, 0.15) is 23.6 Å². The molecule has 1 heterocycles. The number of methoxy groups -OCH3 is 2. The predicted molar refractivity (Wildman–Crippen MR) is 115 cm³/mol. The van der Waals surface area contributed by atoms with E-state index in [1.807, 2.05) is 48.5 Å². The molecule has 2 amide bonds. The molecule has 1 atom stereocenters. The molecule has 3 rings (SSSR count). The molecule has 0 aliphatic carbocycles. The first-order valence-electron chi connectivity index (χ1n) is 9.57. The molecule has 0 spiro atoms. The van der Waals surface area contributed by atoms with Crippen molar-refractivity contribution in [2.75, 3.05) is 33.1 Å². The van der Waals surface area contributed by atoms with E-state index in [1.165, 1.54) is 11.8 Å². The van der Waals surface area contributed by atoms with E-state index < -0.39 is 0 Å². The van der Waals surface area contributed by atoms with Gasteiger partial charge in [0.1, 0.15) is 11.5 Å². The van der Waals surface area contributed by atoms with Gasteiger partial charge in [-0.15, -0.1) is 0 Å². The van der Waals surface area contributed by atoms with Crippen LogP contribution in [0.15, 0.2) is 48.5 Å². The number of ether oxygens (including phenoxy) is 2. The molecule has 1 N–H and O–H groups in total. The monoisotopic (exact) mass is 414 g/mol. The van der Waals surface area contributed by atoms with Gasteiger partial charge in [-0.3, -0.25) is 9.59 Å². The third kappa shape index (κ3) is 5.90. The van der Waals surface area contributed by atoms with Crippen LogP contribution in [0.3, 0.4) is 0 Å². The van der Waals surface area contributed by atoms with E-state index in [0.29, 0.717) is 25.9 Å². The molecule has 0 saturated carbocycles. The van der Waals surface area contributed by atoms with Crippen LogP contribution in [0.25, 0.3) is 0 Å². The van der Waals surface area contributed by atoms with Crippen LogP contribution in [0.4, 0.5) is 4.79 Å². The summed E-state index contributed by atoms with van der Waals surface area (Å²) in [5, 5.41) is 3.19. The van der Waals surface area contributed by atoms with Crippen LogP contribution in [-0.4, -0.2) is 49.1 Å². The summed E-state index contributed by atoms with van der Waals surface area (Å²) in [6.45, 7) is 1.17. The number of benzene rings is 2. The first-order valence-corrected chi connectivity index (χ1v) is 10.6. The molecule has 0 radical (unpaired) electrons. The van der Waals surface area contributed by atoms with Crippen molar-refractivity contribution in [1.29, 1.82) is 0 Å². The molecule has 1 unspecified atom stereocenters. The molecule has 1 aliphatic heterocycles. The van der Waals surface area contributed by atoms with Gasteiger partial charge < -0.3 is 19.7 Å². The average Bonchev–Trinajstić information content (AvgIpc) is 3.17. The Labute approximate surface area is 175 Å². The number of carbonyl (C=O) groups excluding carboxylic acids is 2. The molecular weight excluding hydrogens is 388 g/mol.